The highest BCUT2D eigenvalue weighted by molar-refractivity contribution is 7.98. The maximum Gasteiger partial charge on any atom is 0.264 e. The zero-order chi connectivity index (χ0) is 30.8. The highest BCUT2D eigenvalue weighted by Gasteiger charge is 2.34. The molecule has 4 rings (SSSR count). The number of nitrogens with zero attached hydrogens (tertiary/aromatic N) is 2. The fourth-order valence-corrected chi connectivity index (χ4v) is 6.56. The molecule has 0 bridgehead atoms. The van der Waals surface area contributed by atoms with Crippen molar-refractivity contribution in [3.8, 4) is 0 Å². The van der Waals surface area contributed by atoms with Gasteiger partial charge in [-0.1, -0.05) is 78.4 Å². The van der Waals surface area contributed by atoms with Crippen molar-refractivity contribution in [1.82, 2.24) is 10.2 Å². The Labute approximate surface area is 259 Å². The van der Waals surface area contributed by atoms with Crippen molar-refractivity contribution in [3.63, 3.8) is 0 Å². The predicted molar refractivity (Wildman–Crippen MR) is 174 cm³/mol. The Morgan fingerprint density at radius 3 is 1.95 bits per heavy atom. The summed E-state index contributed by atoms with van der Waals surface area (Å²) in [4.78, 5) is 30.4. The predicted octanol–water partition coefficient (Wildman–Crippen LogP) is 5.69. The molecule has 0 saturated heterocycles. The quantitative estimate of drug-likeness (QED) is 0.195. The van der Waals surface area contributed by atoms with Gasteiger partial charge in [0.1, 0.15) is 12.6 Å². The van der Waals surface area contributed by atoms with Crippen LogP contribution in [0.2, 0.25) is 0 Å². The topological polar surface area (TPSA) is 86.8 Å². The summed E-state index contributed by atoms with van der Waals surface area (Å²) in [5.74, 6) is -0.783. The second kappa shape index (κ2) is 14.9. The molecule has 224 valence electrons. The zero-order valence-electron chi connectivity index (χ0n) is 24.6. The highest BCUT2D eigenvalue weighted by Crippen LogP contribution is 2.27. The number of nitrogens with one attached hydrogen (secondary N) is 1. The van der Waals surface area contributed by atoms with E-state index in [2.05, 4.69) is 5.32 Å². The number of amides is 2. The minimum atomic E-state index is -4.13. The first kappa shape index (κ1) is 31.8. The van der Waals surface area contributed by atoms with Gasteiger partial charge >= 0.3 is 0 Å². The van der Waals surface area contributed by atoms with Crippen LogP contribution in [0.5, 0.6) is 0 Å². The number of anilines is 1. The van der Waals surface area contributed by atoms with Crippen molar-refractivity contribution in [2.45, 2.75) is 42.6 Å². The van der Waals surface area contributed by atoms with Gasteiger partial charge in [-0.05, 0) is 67.6 Å². The van der Waals surface area contributed by atoms with Crippen molar-refractivity contribution in [1.29, 1.82) is 0 Å². The molecule has 2 amide bonds. The number of thioether (sulfide) groups is 1. The second-order valence-corrected chi connectivity index (χ2v) is 12.9. The summed E-state index contributed by atoms with van der Waals surface area (Å²) in [6, 6.07) is 31.7. The standard InChI is InChI=1S/C34H37N3O4S2/c1-4-35-34(39)32(23-27-11-7-5-8-12-27)36(24-28-13-9-6-10-14-28)33(38)25-37(29-17-15-26(2)16-18-29)43(40,41)31-21-19-30(42-3)20-22-31/h5-22,32H,4,23-25H2,1-3H3,(H,35,39). The highest BCUT2D eigenvalue weighted by atomic mass is 32.2. The molecule has 1 atom stereocenters. The number of carbonyl (C=O) groups is 2. The van der Waals surface area contributed by atoms with Crippen LogP contribution in [0.25, 0.3) is 0 Å². The first-order chi connectivity index (χ1) is 20.7. The van der Waals surface area contributed by atoms with Crippen LogP contribution in [0.4, 0.5) is 5.69 Å². The number of likely N-dealkylation sites (N-methyl/N-ethyl adjacent to an activating group) is 1. The van der Waals surface area contributed by atoms with E-state index in [0.29, 0.717) is 12.2 Å². The number of aryl methyl sites for hydroxylation is 1. The molecular weight excluding hydrogens is 579 g/mol. The number of hydrogen-bond donors (Lipinski definition) is 1. The summed E-state index contributed by atoms with van der Waals surface area (Å²) in [5.41, 5.74) is 3.05. The van der Waals surface area contributed by atoms with Crippen molar-refractivity contribution in [2.75, 3.05) is 23.7 Å². The van der Waals surface area contributed by atoms with E-state index in [-0.39, 0.29) is 23.8 Å². The molecule has 0 fully saturated rings. The summed E-state index contributed by atoms with van der Waals surface area (Å²) < 4.78 is 29.3. The third kappa shape index (κ3) is 8.27. The minimum Gasteiger partial charge on any atom is -0.355 e. The largest absolute Gasteiger partial charge is 0.355 e. The fraction of sp³-hybridized carbons (Fsp3) is 0.235. The van der Waals surface area contributed by atoms with Crippen molar-refractivity contribution < 1.29 is 18.0 Å². The van der Waals surface area contributed by atoms with Gasteiger partial charge in [0.15, 0.2) is 0 Å². The van der Waals surface area contributed by atoms with Gasteiger partial charge in [0.2, 0.25) is 11.8 Å². The van der Waals surface area contributed by atoms with Crippen LogP contribution in [0.15, 0.2) is 119 Å². The van der Waals surface area contributed by atoms with Gasteiger partial charge in [-0.3, -0.25) is 13.9 Å². The smallest absolute Gasteiger partial charge is 0.264 e. The van der Waals surface area contributed by atoms with Gasteiger partial charge in [0.25, 0.3) is 10.0 Å². The van der Waals surface area contributed by atoms with Crippen LogP contribution in [0.3, 0.4) is 0 Å². The maximum absolute atomic E-state index is 14.4. The maximum atomic E-state index is 14.4. The van der Waals surface area contributed by atoms with Crippen LogP contribution >= 0.6 is 11.8 Å². The molecular formula is C34H37N3O4S2. The minimum absolute atomic E-state index is 0.0813. The third-order valence-electron chi connectivity index (χ3n) is 7.07. The van der Waals surface area contributed by atoms with Crippen LogP contribution in [0.1, 0.15) is 23.6 Å². The van der Waals surface area contributed by atoms with Crippen LogP contribution in [-0.2, 0) is 32.6 Å². The zero-order valence-corrected chi connectivity index (χ0v) is 26.3. The normalized spacial score (nSPS) is 11.9. The summed E-state index contributed by atoms with van der Waals surface area (Å²) in [6.45, 7) is 3.80. The molecule has 7 nitrogen and oxygen atoms in total. The molecule has 0 aromatic heterocycles. The van der Waals surface area contributed by atoms with E-state index in [1.165, 1.54) is 16.7 Å². The van der Waals surface area contributed by atoms with Crippen LogP contribution in [0, 0.1) is 6.92 Å². The molecule has 0 heterocycles. The fourth-order valence-electron chi connectivity index (χ4n) is 4.74. The molecule has 0 aliphatic rings. The van der Waals surface area contributed by atoms with E-state index in [4.69, 9.17) is 0 Å². The average molecular weight is 616 g/mol. The number of rotatable bonds is 13. The van der Waals surface area contributed by atoms with Gasteiger partial charge < -0.3 is 10.2 Å². The first-order valence-corrected chi connectivity index (χ1v) is 16.8. The monoisotopic (exact) mass is 615 g/mol. The second-order valence-electron chi connectivity index (χ2n) is 10.1. The SMILES string of the molecule is CCNC(=O)C(Cc1ccccc1)N(Cc1ccccc1)C(=O)CN(c1ccc(C)cc1)S(=O)(=O)c1ccc(SC)cc1. The van der Waals surface area contributed by atoms with Gasteiger partial charge in [-0.2, -0.15) is 0 Å². The van der Waals surface area contributed by atoms with E-state index in [9.17, 15) is 18.0 Å². The Morgan fingerprint density at radius 2 is 1.40 bits per heavy atom. The van der Waals surface area contributed by atoms with E-state index < -0.39 is 28.5 Å². The van der Waals surface area contributed by atoms with E-state index in [1.54, 1.807) is 36.4 Å². The van der Waals surface area contributed by atoms with Crippen LogP contribution < -0.4 is 9.62 Å². The lowest BCUT2D eigenvalue weighted by atomic mass is 10.0. The van der Waals surface area contributed by atoms with Crippen molar-refractivity contribution >= 4 is 39.3 Å². The van der Waals surface area contributed by atoms with Gasteiger partial charge in [-0.15, -0.1) is 11.8 Å². The Balaban J connectivity index is 1.77. The Bertz CT molecular complexity index is 1600. The molecule has 0 saturated carbocycles. The summed E-state index contributed by atoms with van der Waals surface area (Å²) in [7, 11) is -4.13. The summed E-state index contributed by atoms with van der Waals surface area (Å²) in [5, 5.41) is 2.88. The summed E-state index contributed by atoms with van der Waals surface area (Å²) >= 11 is 1.51. The molecule has 1 N–H and O–H groups in total. The van der Waals surface area contributed by atoms with Gasteiger partial charge in [-0.25, -0.2) is 8.42 Å². The molecule has 0 radical (unpaired) electrons. The van der Waals surface area contributed by atoms with Crippen molar-refractivity contribution in [2.24, 2.45) is 0 Å². The average Bonchev–Trinajstić information content (AvgIpc) is 3.03. The third-order valence-corrected chi connectivity index (χ3v) is 9.60. The van der Waals surface area contributed by atoms with Gasteiger partial charge in [0.05, 0.1) is 10.6 Å². The van der Waals surface area contributed by atoms with E-state index in [0.717, 1.165) is 25.9 Å². The van der Waals surface area contributed by atoms with Crippen LogP contribution in [-0.4, -0.2) is 50.5 Å². The Hall–Kier alpha value is -4.08. The van der Waals surface area contributed by atoms with Gasteiger partial charge in [0, 0.05) is 24.4 Å². The molecule has 0 aliphatic heterocycles. The lowest BCUT2D eigenvalue weighted by molar-refractivity contribution is -0.140. The lowest BCUT2D eigenvalue weighted by Gasteiger charge is -2.33. The molecule has 1 unspecified atom stereocenters. The molecule has 4 aromatic carbocycles. The number of sulfonamides is 1. The molecule has 0 spiro atoms. The molecule has 4 aromatic rings. The first-order valence-electron chi connectivity index (χ1n) is 14.1. The molecule has 43 heavy (non-hydrogen) atoms. The molecule has 9 heteroatoms. The van der Waals surface area contributed by atoms with Crippen molar-refractivity contribution in [3.05, 3.63) is 126 Å². The number of benzene rings is 4. The summed E-state index contributed by atoms with van der Waals surface area (Å²) in [6.07, 6.45) is 2.20. The Kier molecular flexibility index (Phi) is 11.0. The number of hydrogen-bond acceptors (Lipinski definition) is 5. The number of carbonyl (C=O) groups excluding carboxylic acids is 2. The molecule has 0 aliphatic carbocycles. The van der Waals surface area contributed by atoms with E-state index in [1.807, 2.05) is 92.9 Å². The Morgan fingerprint density at radius 1 is 0.814 bits per heavy atom. The van der Waals surface area contributed by atoms with E-state index >= 15 is 0 Å². The lowest BCUT2D eigenvalue weighted by Crippen LogP contribution is -2.53.